The highest BCUT2D eigenvalue weighted by atomic mass is 16.6. The van der Waals surface area contributed by atoms with Gasteiger partial charge in [-0.2, -0.15) is 0 Å². The molecule has 2 heterocycles. The van der Waals surface area contributed by atoms with E-state index in [1.807, 2.05) is 41.8 Å². The highest BCUT2D eigenvalue weighted by Gasteiger charge is 2.35. The summed E-state index contributed by atoms with van der Waals surface area (Å²) in [7, 11) is 0. The van der Waals surface area contributed by atoms with E-state index in [1.54, 1.807) is 18.6 Å². The predicted molar refractivity (Wildman–Crippen MR) is 94.4 cm³/mol. The molecular weight excluding hydrogens is 316 g/mol. The zero-order valence-corrected chi connectivity index (χ0v) is 14.4. The maximum atomic E-state index is 12.8. The Labute approximate surface area is 147 Å². The third kappa shape index (κ3) is 3.73. The van der Waals surface area contributed by atoms with Gasteiger partial charge in [0.15, 0.2) is 0 Å². The van der Waals surface area contributed by atoms with Crippen LogP contribution in [0.5, 0.6) is 0 Å². The van der Waals surface area contributed by atoms with Gasteiger partial charge >= 0.3 is 5.97 Å². The molecule has 0 saturated carbocycles. The van der Waals surface area contributed by atoms with Crippen LogP contribution >= 0.6 is 0 Å². The Morgan fingerprint density at radius 2 is 2.12 bits per heavy atom. The van der Waals surface area contributed by atoms with Gasteiger partial charge in [0.25, 0.3) is 0 Å². The van der Waals surface area contributed by atoms with Crippen LogP contribution in [0, 0.1) is 0 Å². The number of hydrogen-bond donors (Lipinski definition) is 0. The Kier molecular flexibility index (Phi) is 5.17. The molecule has 0 unspecified atom stereocenters. The highest BCUT2D eigenvalue weighted by Crippen LogP contribution is 2.28. The van der Waals surface area contributed by atoms with Crippen LogP contribution in [0.4, 0.5) is 0 Å². The van der Waals surface area contributed by atoms with Crippen molar-refractivity contribution in [2.45, 2.75) is 31.4 Å². The lowest BCUT2D eigenvalue weighted by atomic mass is 9.94. The first-order valence-electron chi connectivity index (χ1n) is 8.40. The molecule has 1 aliphatic heterocycles. The lowest BCUT2D eigenvalue weighted by Crippen LogP contribution is -2.39. The molecule has 1 aromatic carbocycles. The van der Waals surface area contributed by atoms with Crippen molar-refractivity contribution in [3.8, 4) is 0 Å². The number of nitrogens with zero attached hydrogens (tertiary/aromatic N) is 2. The molecule has 1 saturated heterocycles. The van der Waals surface area contributed by atoms with E-state index in [0.717, 1.165) is 5.56 Å². The van der Waals surface area contributed by atoms with E-state index < -0.39 is 11.6 Å². The van der Waals surface area contributed by atoms with Gasteiger partial charge in [0, 0.05) is 18.9 Å². The zero-order chi connectivity index (χ0) is 17.7. The standard InChI is InChI=1S/C20H22N2O3/c1-3-9-20(10-12-24-13-11-20)25-19(23)18-14-21-15-22(18)16(2)17-7-5-4-6-8-17/h4-9,14-16H,1,10-13H2,2H3/t16-/m1/s1. The number of aromatic nitrogens is 2. The van der Waals surface area contributed by atoms with Gasteiger partial charge in [-0.3, -0.25) is 0 Å². The van der Waals surface area contributed by atoms with Crippen molar-refractivity contribution in [1.29, 1.82) is 0 Å². The van der Waals surface area contributed by atoms with E-state index in [1.165, 1.54) is 0 Å². The summed E-state index contributed by atoms with van der Waals surface area (Å²) in [5.41, 5.74) is 3.58. The molecule has 130 valence electrons. The first-order valence-corrected chi connectivity index (χ1v) is 8.40. The summed E-state index contributed by atoms with van der Waals surface area (Å²) in [5, 5.41) is 0. The zero-order valence-electron chi connectivity index (χ0n) is 14.4. The third-order valence-electron chi connectivity index (χ3n) is 4.57. The molecule has 5 heteroatoms. The summed E-state index contributed by atoms with van der Waals surface area (Å²) in [5.74, 6) is -0.395. The number of carbonyl (C=O) groups excluding carboxylic acids is 1. The van der Waals surface area contributed by atoms with Crippen molar-refractivity contribution in [2.24, 2.45) is 0 Å². The number of hydrogen-bond acceptors (Lipinski definition) is 4. The molecule has 1 aromatic heterocycles. The SMILES string of the molecule is C=C=CC1(OC(=O)c2cncn2[C@H](C)c2ccccc2)CCOCC1. The third-order valence-corrected chi connectivity index (χ3v) is 4.57. The Morgan fingerprint density at radius 1 is 1.40 bits per heavy atom. The topological polar surface area (TPSA) is 53.3 Å². The second-order valence-electron chi connectivity index (χ2n) is 6.19. The molecule has 1 atom stereocenters. The number of rotatable bonds is 5. The van der Waals surface area contributed by atoms with Gasteiger partial charge in [-0.05, 0) is 12.5 Å². The fourth-order valence-corrected chi connectivity index (χ4v) is 3.08. The van der Waals surface area contributed by atoms with Crippen LogP contribution < -0.4 is 0 Å². The fraction of sp³-hybridized carbons (Fsp3) is 0.350. The summed E-state index contributed by atoms with van der Waals surface area (Å²) >= 11 is 0. The fourth-order valence-electron chi connectivity index (χ4n) is 3.08. The van der Waals surface area contributed by atoms with Crippen LogP contribution in [-0.4, -0.2) is 34.3 Å². The summed E-state index contributed by atoms with van der Waals surface area (Å²) in [6.07, 6.45) is 6.14. The van der Waals surface area contributed by atoms with E-state index in [-0.39, 0.29) is 6.04 Å². The van der Waals surface area contributed by atoms with E-state index >= 15 is 0 Å². The maximum absolute atomic E-state index is 12.8. The van der Waals surface area contributed by atoms with Gasteiger partial charge in [-0.25, -0.2) is 9.78 Å². The molecule has 0 bridgehead atoms. The minimum absolute atomic E-state index is 0.0214. The minimum Gasteiger partial charge on any atom is -0.449 e. The average Bonchev–Trinajstić information content (AvgIpc) is 3.12. The van der Waals surface area contributed by atoms with Crippen LogP contribution in [0.1, 0.15) is 41.9 Å². The van der Waals surface area contributed by atoms with Crippen LogP contribution in [0.15, 0.2) is 61.2 Å². The first-order chi connectivity index (χ1) is 12.2. The Morgan fingerprint density at radius 3 is 2.80 bits per heavy atom. The molecule has 2 aromatic rings. The number of esters is 1. The van der Waals surface area contributed by atoms with E-state index in [9.17, 15) is 4.79 Å². The van der Waals surface area contributed by atoms with Crippen LogP contribution in [0.2, 0.25) is 0 Å². The van der Waals surface area contributed by atoms with Crippen molar-refractivity contribution >= 4 is 5.97 Å². The summed E-state index contributed by atoms with van der Waals surface area (Å²) in [6.45, 7) is 6.75. The van der Waals surface area contributed by atoms with Gasteiger partial charge in [0.2, 0.25) is 0 Å². The normalized spacial score (nSPS) is 17.3. The second-order valence-corrected chi connectivity index (χ2v) is 6.19. The molecule has 0 radical (unpaired) electrons. The van der Waals surface area contributed by atoms with E-state index in [2.05, 4.69) is 17.3 Å². The molecule has 3 rings (SSSR count). The van der Waals surface area contributed by atoms with Crippen molar-refractivity contribution in [2.75, 3.05) is 13.2 Å². The molecule has 1 fully saturated rings. The smallest absolute Gasteiger partial charge is 0.357 e. The minimum atomic E-state index is -0.706. The lowest BCUT2D eigenvalue weighted by Gasteiger charge is -2.33. The molecule has 5 nitrogen and oxygen atoms in total. The van der Waals surface area contributed by atoms with E-state index in [0.29, 0.717) is 31.7 Å². The van der Waals surface area contributed by atoms with Crippen LogP contribution in [0.3, 0.4) is 0 Å². The molecule has 25 heavy (non-hydrogen) atoms. The summed E-state index contributed by atoms with van der Waals surface area (Å²) < 4.78 is 13.1. The summed E-state index contributed by atoms with van der Waals surface area (Å²) in [6, 6.07) is 9.96. The van der Waals surface area contributed by atoms with Gasteiger partial charge in [0.1, 0.15) is 11.3 Å². The number of carbonyl (C=O) groups is 1. The largest absolute Gasteiger partial charge is 0.449 e. The predicted octanol–water partition coefficient (Wildman–Crippen LogP) is 3.54. The lowest BCUT2D eigenvalue weighted by molar-refractivity contribution is -0.0541. The average molecular weight is 338 g/mol. The van der Waals surface area contributed by atoms with Crippen LogP contribution in [0.25, 0.3) is 0 Å². The molecular formula is C20H22N2O3. The van der Waals surface area contributed by atoms with E-state index in [4.69, 9.17) is 9.47 Å². The highest BCUT2D eigenvalue weighted by molar-refractivity contribution is 5.88. The van der Waals surface area contributed by atoms with Crippen molar-refractivity contribution in [1.82, 2.24) is 9.55 Å². The first kappa shape index (κ1) is 17.2. The van der Waals surface area contributed by atoms with Gasteiger partial charge in [0.05, 0.1) is 31.8 Å². The van der Waals surface area contributed by atoms with Gasteiger partial charge < -0.3 is 14.0 Å². The summed E-state index contributed by atoms with van der Waals surface area (Å²) in [4.78, 5) is 17.0. The number of imidazole rings is 1. The van der Waals surface area contributed by atoms with Gasteiger partial charge in [-0.15, -0.1) is 5.73 Å². The van der Waals surface area contributed by atoms with Crippen molar-refractivity contribution in [3.05, 3.63) is 72.5 Å². The Hall–Kier alpha value is -2.62. The Bertz CT molecular complexity index is 769. The Balaban J connectivity index is 1.84. The van der Waals surface area contributed by atoms with Crippen molar-refractivity contribution in [3.63, 3.8) is 0 Å². The quantitative estimate of drug-likeness (QED) is 0.618. The number of ether oxygens (including phenoxy) is 2. The molecule has 0 aliphatic carbocycles. The second kappa shape index (κ2) is 7.51. The van der Waals surface area contributed by atoms with Gasteiger partial charge in [-0.1, -0.05) is 36.9 Å². The van der Waals surface area contributed by atoms with Crippen molar-refractivity contribution < 1.29 is 14.3 Å². The number of benzene rings is 1. The molecule has 0 spiro atoms. The molecule has 0 amide bonds. The molecule has 1 aliphatic rings. The maximum Gasteiger partial charge on any atom is 0.357 e. The van der Waals surface area contributed by atoms with Crippen LogP contribution in [-0.2, 0) is 9.47 Å². The monoisotopic (exact) mass is 338 g/mol. The molecule has 0 N–H and O–H groups in total.